The molecule has 1 heterocycles. The molecule has 0 aliphatic rings. The van der Waals surface area contributed by atoms with Crippen LogP contribution in [0, 0.1) is 3.57 Å². The Morgan fingerprint density at radius 3 is 2.59 bits per heavy atom. The number of oxazole rings is 1. The molecule has 5 nitrogen and oxygen atoms in total. The van der Waals surface area contributed by atoms with Crippen molar-refractivity contribution in [2.45, 2.75) is 26.2 Å². The molecule has 7 heteroatoms. The summed E-state index contributed by atoms with van der Waals surface area (Å²) in [6.07, 6.45) is 1.08. The van der Waals surface area contributed by atoms with Gasteiger partial charge in [0.1, 0.15) is 5.52 Å². The van der Waals surface area contributed by atoms with Crippen molar-refractivity contribution >= 4 is 62.6 Å². The van der Waals surface area contributed by atoms with Crippen molar-refractivity contribution < 1.29 is 9.21 Å². The third-order valence-corrected chi connectivity index (χ3v) is 6.47. The van der Waals surface area contributed by atoms with Crippen molar-refractivity contribution in [2.24, 2.45) is 0 Å². The Labute approximate surface area is 205 Å². The number of aromatic nitrogens is 1. The van der Waals surface area contributed by atoms with Crippen molar-refractivity contribution in [3.05, 3.63) is 81.4 Å². The molecule has 0 spiro atoms. The van der Waals surface area contributed by atoms with Crippen molar-refractivity contribution in [3.63, 3.8) is 0 Å². The zero-order valence-corrected chi connectivity index (χ0v) is 20.7. The number of rotatable bonds is 5. The lowest BCUT2D eigenvalue weighted by Gasteiger charge is -2.10. The first-order valence-electron chi connectivity index (χ1n) is 10.3. The Morgan fingerprint density at radius 2 is 1.88 bits per heavy atom. The van der Waals surface area contributed by atoms with E-state index in [0.717, 1.165) is 32.3 Å². The van der Waals surface area contributed by atoms with Gasteiger partial charge < -0.3 is 9.73 Å². The number of nitrogens with one attached hydrogen (secondary N) is 2. The second-order valence-corrected chi connectivity index (χ2v) is 9.09. The third-order valence-electron chi connectivity index (χ3n) is 5.33. The number of anilines is 1. The molecule has 0 fully saturated rings. The largest absolute Gasteiger partial charge is 0.436 e. The van der Waals surface area contributed by atoms with E-state index in [1.807, 2.05) is 48.5 Å². The van der Waals surface area contributed by atoms with Crippen LogP contribution in [-0.2, 0) is 0 Å². The van der Waals surface area contributed by atoms with Crippen LogP contribution in [0.5, 0.6) is 0 Å². The van der Waals surface area contributed by atoms with Crippen LogP contribution in [0.3, 0.4) is 0 Å². The Hall–Kier alpha value is -2.78. The number of carbonyl (C=O) groups is 1. The summed E-state index contributed by atoms with van der Waals surface area (Å²) in [5, 5.41) is 5.99. The molecule has 0 bridgehead atoms. The van der Waals surface area contributed by atoms with Crippen LogP contribution in [0.4, 0.5) is 5.69 Å². The van der Waals surface area contributed by atoms with Gasteiger partial charge in [-0.05, 0) is 101 Å². The summed E-state index contributed by atoms with van der Waals surface area (Å²) in [6.45, 7) is 4.39. The Morgan fingerprint density at radius 1 is 1.12 bits per heavy atom. The number of carbonyl (C=O) groups excluding carboxylic acids is 1. The average Bonchev–Trinajstić information content (AvgIpc) is 3.22. The molecule has 4 rings (SSSR count). The summed E-state index contributed by atoms with van der Waals surface area (Å²) in [4.78, 5) is 17.1. The molecule has 3 aromatic carbocycles. The molecule has 0 radical (unpaired) electrons. The van der Waals surface area contributed by atoms with Crippen LogP contribution >= 0.6 is 34.8 Å². The third kappa shape index (κ3) is 4.99. The van der Waals surface area contributed by atoms with Gasteiger partial charge in [0.05, 0.1) is 5.56 Å². The lowest BCUT2D eigenvalue weighted by atomic mass is 9.98. The number of hydrogen-bond acceptors (Lipinski definition) is 4. The van der Waals surface area contributed by atoms with Crippen molar-refractivity contribution in [2.75, 3.05) is 5.32 Å². The average molecular weight is 555 g/mol. The van der Waals surface area contributed by atoms with Crippen LogP contribution in [0.1, 0.15) is 42.1 Å². The van der Waals surface area contributed by atoms with Gasteiger partial charge in [0.2, 0.25) is 5.89 Å². The smallest absolute Gasteiger partial charge is 0.258 e. The Bertz CT molecular complexity index is 1280. The molecule has 0 aliphatic carbocycles. The van der Waals surface area contributed by atoms with Gasteiger partial charge in [-0.2, -0.15) is 0 Å². The zero-order chi connectivity index (χ0) is 22.7. The highest BCUT2D eigenvalue weighted by atomic mass is 127. The standard InChI is InChI=1S/C25H22IN3O2S/c1-3-15(2)17-10-13-22-21(14-17)28-24(31-22)16-8-11-18(12-9-16)27-25(32)29-23(30)19-6-4-5-7-20(19)26/h4-15H,3H2,1-2H3,(H2,27,29,30,32)/t15-/m1/s1. The van der Waals surface area contributed by atoms with E-state index in [1.54, 1.807) is 6.07 Å². The van der Waals surface area contributed by atoms with E-state index in [4.69, 9.17) is 16.6 Å². The van der Waals surface area contributed by atoms with Gasteiger partial charge in [0.25, 0.3) is 5.91 Å². The van der Waals surface area contributed by atoms with Crippen LogP contribution < -0.4 is 10.6 Å². The SMILES string of the molecule is CC[C@@H](C)c1ccc2oc(-c3ccc(NC(=S)NC(=O)c4ccccc4I)cc3)nc2c1. The maximum Gasteiger partial charge on any atom is 0.258 e. The number of hydrogen-bond donors (Lipinski definition) is 2. The van der Waals surface area contributed by atoms with Crippen molar-refractivity contribution in [1.29, 1.82) is 0 Å². The highest BCUT2D eigenvalue weighted by molar-refractivity contribution is 14.1. The van der Waals surface area contributed by atoms with Gasteiger partial charge in [0, 0.05) is 14.8 Å². The molecular weight excluding hydrogens is 533 g/mol. The Kier molecular flexibility index (Phi) is 6.86. The molecule has 0 saturated carbocycles. The maximum atomic E-state index is 12.4. The molecule has 1 aromatic heterocycles. The Balaban J connectivity index is 1.44. The molecule has 0 unspecified atom stereocenters. The molecule has 0 aliphatic heterocycles. The fourth-order valence-electron chi connectivity index (χ4n) is 3.28. The van der Waals surface area contributed by atoms with E-state index < -0.39 is 0 Å². The summed E-state index contributed by atoms with van der Waals surface area (Å²) in [6, 6.07) is 21.1. The van der Waals surface area contributed by atoms with E-state index in [-0.39, 0.29) is 11.0 Å². The second-order valence-electron chi connectivity index (χ2n) is 7.52. The number of thiocarbonyl (C=S) groups is 1. The molecule has 162 valence electrons. The number of fused-ring (bicyclic) bond motifs is 1. The first kappa shape index (κ1) is 22.4. The van der Waals surface area contributed by atoms with E-state index in [9.17, 15) is 4.79 Å². The van der Waals surface area contributed by atoms with Gasteiger partial charge in [-0.1, -0.05) is 32.0 Å². The normalized spacial score (nSPS) is 11.8. The lowest BCUT2D eigenvalue weighted by Crippen LogP contribution is -2.34. The summed E-state index contributed by atoms with van der Waals surface area (Å²) in [5.41, 5.74) is 5.11. The van der Waals surface area contributed by atoms with Crippen LogP contribution in [-0.4, -0.2) is 16.0 Å². The monoisotopic (exact) mass is 555 g/mol. The number of halogens is 1. The van der Waals surface area contributed by atoms with E-state index in [2.05, 4.69) is 64.2 Å². The topological polar surface area (TPSA) is 67.2 Å². The number of benzene rings is 3. The first-order chi connectivity index (χ1) is 15.4. The fraction of sp³-hybridized carbons (Fsp3) is 0.160. The molecular formula is C25H22IN3O2S. The number of nitrogens with zero attached hydrogens (tertiary/aromatic N) is 1. The quantitative estimate of drug-likeness (QED) is 0.211. The first-order valence-corrected chi connectivity index (χ1v) is 11.8. The van der Waals surface area contributed by atoms with Crippen molar-refractivity contribution in [1.82, 2.24) is 10.3 Å². The second kappa shape index (κ2) is 9.79. The molecule has 0 saturated heterocycles. The van der Waals surface area contributed by atoms with E-state index in [1.165, 1.54) is 5.56 Å². The van der Waals surface area contributed by atoms with Crippen LogP contribution in [0.15, 0.2) is 71.1 Å². The summed E-state index contributed by atoms with van der Waals surface area (Å²) in [5.74, 6) is 0.814. The lowest BCUT2D eigenvalue weighted by molar-refractivity contribution is 0.0977. The molecule has 32 heavy (non-hydrogen) atoms. The van der Waals surface area contributed by atoms with E-state index in [0.29, 0.717) is 17.4 Å². The molecule has 2 N–H and O–H groups in total. The minimum absolute atomic E-state index is 0.238. The minimum Gasteiger partial charge on any atom is -0.436 e. The van der Waals surface area contributed by atoms with Gasteiger partial charge >= 0.3 is 0 Å². The van der Waals surface area contributed by atoms with Gasteiger partial charge in [-0.25, -0.2) is 4.98 Å². The van der Waals surface area contributed by atoms with Gasteiger partial charge in [-0.15, -0.1) is 0 Å². The predicted octanol–water partition coefficient (Wildman–Crippen LogP) is 6.74. The maximum absolute atomic E-state index is 12.4. The fourth-order valence-corrected chi connectivity index (χ4v) is 4.13. The molecule has 1 atom stereocenters. The number of amides is 1. The van der Waals surface area contributed by atoms with Gasteiger partial charge in [-0.3, -0.25) is 10.1 Å². The van der Waals surface area contributed by atoms with Crippen molar-refractivity contribution in [3.8, 4) is 11.5 Å². The van der Waals surface area contributed by atoms with E-state index >= 15 is 0 Å². The summed E-state index contributed by atoms with van der Waals surface area (Å²) in [7, 11) is 0. The zero-order valence-electron chi connectivity index (χ0n) is 17.7. The highest BCUT2D eigenvalue weighted by Gasteiger charge is 2.13. The van der Waals surface area contributed by atoms with Gasteiger partial charge in [0.15, 0.2) is 10.7 Å². The molecule has 4 aromatic rings. The van der Waals surface area contributed by atoms with Crippen LogP contribution in [0.25, 0.3) is 22.6 Å². The minimum atomic E-state index is -0.243. The summed E-state index contributed by atoms with van der Waals surface area (Å²) < 4.78 is 6.81. The highest BCUT2D eigenvalue weighted by Crippen LogP contribution is 2.28. The predicted molar refractivity (Wildman–Crippen MR) is 141 cm³/mol. The van der Waals surface area contributed by atoms with Crippen LogP contribution in [0.2, 0.25) is 0 Å². The summed E-state index contributed by atoms with van der Waals surface area (Å²) >= 11 is 7.42. The molecule has 1 amide bonds.